The van der Waals surface area contributed by atoms with Gasteiger partial charge in [-0.3, -0.25) is 9.69 Å². The molecule has 1 rings (SSSR count). The minimum Gasteiger partial charge on any atom is -0.465 e. The van der Waals surface area contributed by atoms with Gasteiger partial charge >= 0.3 is 14.5 Å². The molecular weight excluding hydrogens is 262 g/mol. The van der Waals surface area contributed by atoms with Crippen molar-refractivity contribution in [2.75, 3.05) is 32.9 Å². The van der Waals surface area contributed by atoms with Gasteiger partial charge < -0.3 is 13.6 Å². The first-order chi connectivity index (χ1) is 9.06. The van der Waals surface area contributed by atoms with Gasteiger partial charge in [-0.05, 0) is 46.3 Å². The van der Waals surface area contributed by atoms with Crippen molar-refractivity contribution in [1.82, 2.24) is 4.90 Å². The predicted octanol–water partition coefficient (Wildman–Crippen LogP) is 1.77. The topological polar surface area (TPSA) is 47.8 Å². The largest absolute Gasteiger partial charge is 0.465 e. The lowest BCUT2D eigenvalue weighted by molar-refractivity contribution is -0.143. The maximum Gasteiger partial charge on any atom is 0.334 e. The van der Waals surface area contributed by atoms with Crippen LogP contribution in [0.15, 0.2) is 0 Å². The van der Waals surface area contributed by atoms with E-state index in [0.717, 1.165) is 25.6 Å². The van der Waals surface area contributed by atoms with Gasteiger partial charge in [0.25, 0.3) is 0 Å². The highest BCUT2D eigenvalue weighted by Crippen LogP contribution is 2.22. The molecule has 0 saturated carbocycles. The number of carbonyl (C=O) groups excluding carboxylic acids is 1. The second kappa shape index (κ2) is 7.99. The number of hydrogen-bond donors (Lipinski definition) is 0. The monoisotopic (exact) mass is 289 g/mol. The van der Waals surface area contributed by atoms with Crippen LogP contribution in [0.25, 0.3) is 0 Å². The van der Waals surface area contributed by atoms with Crippen LogP contribution >= 0.6 is 0 Å². The molecule has 2 atom stereocenters. The molecule has 0 aromatic rings. The van der Waals surface area contributed by atoms with Gasteiger partial charge in [-0.2, -0.15) is 0 Å². The smallest absolute Gasteiger partial charge is 0.334 e. The summed E-state index contributed by atoms with van der Waals surface area (Å²) in [6, 6.07) is 0.966. The number of esters is 1. The molecule has 1 aliphatic heterocycles. The van der Waals surface area contributed by atoms with Crippen LogP contribution in [0.3, 0.4) is 0 Å². The number of carbonyl (C=O) groups is 1. The summed E-state index contributed by atoms with van der Waals surface area (Å²) in [6.07, 6.45) is 1.01. The first kappa shape index (κ1) is 16.6. The van der Waals surface area contributed by atoms with Crippen LogP contribution in [0.5, 0.6) is 0 Å². The fourth-order valence-electron chi connectivity index (χ4n) is 2.28. The summed E-state index contributed by atoms with van der Waals surface area (Å²) in [4.78, 5) is 13.6. The Hall–Kier alpha value is -0.433. The molecule has 0 aliphatic carbocycles. The van der Waals surface area contributed by atoms with E-state index in [1.165, 1.54) is 0 Å². The third-order valence-electron chi connectivity index (χ3n) is 3.25. The van der Waals surface area contributed by atoms with Gasteiger partial charge in [0.15, 0.2) is 0 Å². The molecule has 0 N–H and O–H groups in total. The Bertz CT molecular complexity index is 282. The zero-order valence-corrected chi connectivity index (χ0v) is 13.6. The van der Waals surface area contributed by atoms with E-state index in [4.69, 9.17) is 13.6 Å². The van der Waals surface area contributed by atoms with Crippen LogP contribution in [0.4, 0.5) is 0 Å². The van der Waals surface area contributed by atoms with E-state index in [1.807, 2.05) is 20.8 Å². The van der Waals surface area contributed by atoms with E-state index in [1.54, 1.807) is 0 Å². The van der Waals surface area contributed by atoms with Crippen LogP contribution in [-0.2, 0) is 18.4 Å². The van der Waals surface area contributed by atoms with Gasteiger partial charge in [-0.1, -0.05) is 0 Å². The summed E-state index contributed by atoms with van der Waals surface area (Å²) >= 11 is 0. The molecule has 19 heavy (non-hydrogen) atoms. The Labute approximate surface area is 117 Å². The normalized spacial score (nSPS) is 22.3. The van der Waals surface area contributed by atoms with E-state index in [0.29, 0.717) is 19.8 Å². The molecule has 5 nitrogen and oxygen atoms in total. The van der Waals surface area contributed by atoms with Gasteiger partial charge in [0.05, 0.1) is 6.61 Å². The van der Waals surface area contributed by atoms with E-state index in [9.17, 15) is 4.79 Å². The molecule has 1 aliphatic rings. The summed E-state index contributed by atoms with van der Waals surface area (Å²) in [7, 11) is -2.00. The van der Waals surface area contributed by atoms with Crippen LogP contribution in [0, 0.1) is 0 Å². The average Bonchev–Trinajstić information content (AvgIpc) is 3.09. The molecule has 0 aromatic heterocycles. The van der Waals surface area contributed by atoms with Gasteiger partial charge in [0, 0.05) is 19.8 Å². The molecule has 0 aromatic carbocycles. The molecule has 1 saturated heterocycles. The highest BCUT2D eigenvalue weighted by molar-refractivity contribution is 6.66. The molecule has 0 spiro atoms. The molecule has 0 radical (unpaired) electrons. The standard InChI is InChI=1S/C13H27NO4Si/c1-5-16-13(15)12-11-14(12)9-8-10-19(4,17-6-2)18-7-3/h12H,5-11H2,1-4H3. The number of hydrogen-bond acceptors (Lipinski definition) is 5. The van der Waals surface area contributed by atoms with E-state index < -0.39 is 8.56 Å². The van der Waals surface area contributed by atoms with Crippen LogP contribution < -0.4 is 0 Å². The zero-order chi connectivity index (χ0) is 14.3. The van der Waals surface area contributed by atoms with E-state index in [2.05, 4.69) is 11.4 Å². The van der Waals surface area contributed by atoms with Crippen molar-refractivity contribution in [2.24, 2.45) is 0 Å². The lowest BCUT2D eigenvalue weighted by atomic mass is 10.4. The summed E-state index contributed by atoms with van der Waals surface area (Å²) < 4.78 is 16.6. The second-order valence-electron chi connectivity index (χ2n) is 4.87. The Balaban J connectivity index is 2.21. The van der Waals surface area contributed by atoms with Gasteiger partial charge in [0.1, 0.15) is 6.04 Å². The summed E-state index contributed by atoms with van der Waals surface area (Å²) in [5, 5.41) is 0. The number of ether oxygens (including phenoxy) is 1. The van der Waals surface area contributed by atoms with Gasteiger partial charge in [0.2, 0.25) is 0 Å². The first-order valence-electron chi connectivity index (χ1n) is 7.24. The van der Waals surface area contributed by atoms with E-state index in [-0.39, 0.29) is 12.0 Å². The van der Waals surface area contributed by atoms with Crippen molar-refractivity contribution < 1.29 is 18.4 Å². The van der Waals surface area contributed by atoms with Crippen molar-refractivity contribution in [1.29, 1.82) is 0 Å². The quantitative estimate of drug-likeness (QED) is 0.348. The third kappa shape index (κ3) is 5.60. The molecule has 1 heterocycles. The van der Waals surface area contributed by atoms with Gasteiger partial charge in [-0.25, -0.2) is 0 Å². The molecule has 0 bridgehead atoms. The van der Waals surface area contributed by atoms with Crippen molar-refractivity contribution in [3.05, 3.63) is 0 Å². The second-order valence-corrected chi connectivity index (χ2v) is 8.21. The van der Waals surface area contributed by atoms with Crippen molar-refractivity contribution in [2.45, 2.75) is 45.8 Å². The molecular formula is C13H27NO4Si. The minimum absolute atomic E-state index is 0.00735. The van der Waals surface area contributed by atoms with Gasteiger partial charge in [-0.15, -0.1) is 0 Å². The molecule has 6 heteroatoms. The highest BCUT2D eigenvalue weighted by Gasteiger charge is 2.41. The van der Waals surface area contributed by atoms with Crippen molar-refractivity contribution in [3.63, 3.8) is 0 Å². The predicted molar refractivity (Wildman–Crippen MR) is 76.3 cm³/mol. The van der Waals surface area contributed by atoms with Crippen molar-refractivity contribution in [3.8, 4) is 0 Å². The SMILES string of the molecule is CCOC(=O)C1CN1CCC[Si](C)(OCC)OCC. The van der Waals surface area contributed by atoms with Crippen LogP contribution in [0.1, 0.15) is 27.2 Å². The zero-order valence-electron chi connectivity index (χ0n) is 12.6. The van der Waals surface area contributed by atoms with Crippen LogP contribution in [-0.4, -0.2) is 58.4 Å². The molecule has 1 fully saturated rings. The van der Waals surface area contributed by atoms with Crippen LogP contribution in [0.2, 0.25) is 12.6 Å². The Morgan fingerprint density at radius 3 is 2.37 bits per heavy atom. The minimum atomic E-state index is -2.00. The maximum atomic E-state index is 11.5. The van der Waals surface area contributed by atoms with Crippen molar-refractivity contribution >= 4 is 14.5 Å². The summed E-state index contributed by atoms with van der Waals surface area (Å²) in [5.41, 5.74) is 0. The molecule has 0 amide bonds. The summed E-state index contributed by atoms with van der Waals surface area (Å²) in [6.45, 7) is 11.6. The average molecular weight is 289 g/mol. The van der Waals surface area contributed by atoms with E-state index >= 15 is 0 Å². The maximum absolute atomic E-state index is 11.5. The number of nitrogens with zero attached hydrogens (tertiary/aromatic N) is 1. The Morgan fingerprint density at radius 1 is 1.21 bits per heavy atom. The lowest BCUT2D eigenvalue weighted by Crippen LogP contribution is -2.39. The highest BCUT2D eigenvalue weighted by atomic mass is 28.4. The number of rotatable bonds is 10. The first-order valence-corrected chi connectivity index (χ1v) is 9.77. The Kier molecular flexibility index (Phi) is 6.99. The fraction of sp³-hybridized carbons (Fsp3) is 0.923. The third-order valence-corrected chi connectivity index (χ3v) is 6.31. The summed E-state index contributed by atoms with van der Waals surface area (Å²) in [5.74, 6) is -0.0860. The molecule has 112 valence electrons. The lowest BCUT2D eigenvalue weighted by Gasteiger charge is -2.25. The molecule has 2 unspecified atom stereocenters. The fourth-order valence-corrected chi connectivity index (χ4v) is 4.68. The Morgan fingerprint density at radius 2 is 1.84 bits per heavy atom.